The number of aryl methyl sites for hydroxylation is 2. The Bertz CT molecular complexity index is 717. The molecular formula is C12H12N4S. The first-order chi connectivity index (χ1) is 8.20. The van der Waals surface area contributed by atoms with Crippen molar-refractivity contribution in [2.45, 2.75) is 11.8 Å². The molecule has 17 heavy (non-hydrogen) atoms. The van der Waals surface area contributed by atoms with Crippen LogP contribution in [0.5, 0.6) is 0 Å². The third-order valence-electron chi connectivity index (χ3n) is 2.94. The number of fused-ring (bicyclic) bond motifs is 2. The first kappa shape index (κ1) is 10.5. The van der Waals surface area contributed by atoms with Gasteiger partial charge in [0.15, 0.2) is 0 Å². The predicted molar refractivity (Wildman–Crippen MR) is 70.3 cm³/mol. The van der Waals surface area contributed by atoms with E-state index in [0.29, 0.717) is 0 Å². The number of hydrogen-bond acceptors (Lipinski definition) is 4. The maximum absolute atomic E-state index is 4.65. The van der Waals surface area contributed by atoms with E-state index in [1.54, 1.807) is 18.1 Å². The monoisotopic (exact) mass is 244 g/mol. The standard InChI is InChI=1S/C12H12N4S/c1-7-15-10-8(5-16(7)2)4-9-11(12(10)17-3)14-6-13-9/h4-6H,1-3H3. The quantitative estimate of drug-likeness (QED) is 0.617. The topological polar surface area (TPSA) is 43.6 Å². The van der Waals surface area contributed by atoms with Crippen molar-refractivity contribution >= 4 is 33.7 Å². The highest BCUT2D eigenvalue weighted by Crippen LogP contribution is 2.31. The molecule has 2 aromatic heterocycles. The van der Waals surface area contributed by atoms with E-state index in [4.69, 9.17) is 0 Å². The summed E-state index contributed by atoms with van der Waals surface area (Å²) in [6.45, 7) is 2.00. The molecule has 5 heteroatoms. The Kier molecular flexibility index (Phi) is 2.29. The normalized spacial score (nSPS) is 11.5. The van der Waals surface area contributed by atoms with Crippen molar-refractivity contribution in [3.63, 3.8) is 0 Å². The summed E-state index contributed by atoms with van der Waals surface area (Å²) >= 11 is 1.67. The van der Waals surface area contributed by atoms with Gasteiger partial charge in [0.2, 0.25) is 0 Å². The van der Waals surface area contributed by atoms with Gasteiger partial charge in [0.05, 0.1) is 15.9 Å². The molecule has 0 spiro atoms. The molecule has 0 amide bonds. The average molecular weight is 244 g/mol. The predicted octanol–water partition coefficient (Wildman–Crippen LogP) is 2.55. The molecule has 4 nitrogen and oxygen atoms in total. The summed E-state index contributed by atoms with van der Waals surface area (Å²) in [5.41, 5.74) is 2.90. The van der Waals surface area contributed by atoms with Crippen LogP contribution in [0.25, 0.3) is 21.9 Å². The molecule has 3 aromatic rings. The second-order valence-corrected chi connectivity index (χ2v) is 4.80. The lowest BCUT2D eigenvalue weighted by molar-refractivity contribution is 0.823. The van der Waals surface area contributed by atoms with E-state index >= 15 is 0 Å². The van der Waals surface area contributed by atoms with E-state index in [1.165, 1.54) is 0 Å². The zero-order valence-corrected chi connectivity index (χ0v) is 10.7. The fourth-order valence-electron chi connectivity index (χ4n) is 1.97. The largest absolute Gasteiger partial charge is 0.339 e. The highest BCUT2D eigenvalue weighted by atomic mass is 32.2. The molecule has 0 saturated carbocycles. The van der Waals surface area contributed by atoms with Gasteiger partial charge in [-0.05, 0) is 19.2 Å². The van der Waals surface area contributed by atoms with Gasteiger partial charge in [0, 0.05) is 18.6 Å². The Balaban J connectivity index is 2.54. The van der Waals surface area contributed by atoms with E-state index in [2.05, 4.69) is 21.1 Å². The number of benzene rings is 1. The molecular weight excluding hydrogens is 232 g/mol. The van der Waals surface area contributed by atoms with Crippen LogP contribution in [-0.2, 0) is 7.05 Å². The number of hydrogen-bond donors (Lipinski definition) is 0. The van der Waals surface area contributed by atoms with E-state index in [0.717, 1.165) is 32.7 Å². The lowest BCUT2D eigenvalue weighted by Crippen LogP contribution is -2.00. The van der Waals surface area contributed by atoms with Crippen molar-refractivity contribution in [3.05, 3.63) is 24.4 Å². The molecule has 1 aromatic carbocycles. The Morgan fingerprint density at radius 1 is 1.24 bits per heavy atom. The molecule has 3 rings (SSSR count). The van der Waals surface area contributed by atoms with Crippen molar-refractivity contribution in [3.8, 4) is 0 Å². The number of rotatable bonds is 1. The van der Waals surface area contributed by atoms with Gasteiger partial charge in [0.1, 0.15) is 17.7 Å². The van der Waals surface area contributed by atoms with Crippen LogP contribution >= 0.6 is 11.8 Å². The Morgan fingerprint density at radius 2 is 2.06 bits per heavy atom. The Labute approximate surface area is 103 Å². The zero-order valence-electron chi connectivity index (χ0n) is 9.93. The summed E-state index contributed by atoms with van der Waals surface area (Å²) in [6, 6.07) is 2.05. The molecule has 86 valence electrons. The fraction of sp³-hybridized carbons (Fsp3) is 0.250. The van der Waals surface area contributed by atoms with Crippen LogP contribution in [0.4, 0.5) is 0 Å². The van der Waals surface area contributed by atoms with E-state index in [1.807, 2.05) is 30.9 Å². The average Bonchev–Trinajstić information content (AvgIpc) is 2.75. The molecule has 0 aliphatic rings. The third-order valence-corrected chi connectivity index (χ3v) is 3.74. The molecule has 0 fully saturated rings. The van der Waals surface area contributed by atoms with Crippen LogP contribution < -0.4 is 0 Å². The highest BCUT2D eigenvalue weighted by Gasteiger charge is 2.11. The van der Waals surface area contributed by atoms with Crippen molar-refractivity contribution in [1.82, 2.24) is 19.5 Å². The number of thioether (sulfide) groups is 1. The van der Waals surface area contributed by atoms with Gasteiger partial charge >= 0.3 is 0 Å². The zero-order chi connectivity index (χ0) is 12.0. The molecule has 0 aliphatic carbocycles. The molecule has 0 atom stereocenters. The molecule has 0 unspecified atom stereocenters. The van der Waals surface area contributed by atoms with Crippen molar-refractivity contribution in [2.24, 2.45) is 7.05 Å². The molecule has 2 heterocycles. The van der Waals surface area contributed by atoms with Crippen molar-refractivity contribution in [2.75, 3.05) is 6.26 Å². The van der Waals surface area contributed by atoms with Crippen LogP contribution in [-0.4, -0.2) is 25.8 Å². The van der Waals surface area contributed by atoms with E-state index < -0.39 is 0 Å². The first-order valence-electron chi connectivity index (χ1n) is 5.32. The molecule has 0 bridgehead atoms. The minimum absolute atomic E-state index is 0.938. The molecule has 0 N–H and O–H groups in total. The number of imidazole rings is 1. The van der Waals surface area contributed by atoms with Crippen LogP contribution in [0.1, 0.15) is 5.82 Å². The molecule has 0 aliphatic heterocycles. The minimum atomic E-state index is 0.938. The van der Waals surface area contributed by atoms with Gasteiger partial charge in [-0.1, -0.05) is 0 Å². The van der Waals surface area contributed by atoms with Gasteiger partial charge in [0.25, 0.3) is 0 Å². The summed E-state index contributed by atoms with van der Waals surface area (Å²) in [4.78, 5) is 14.3. The van der Waals surface area contributed by atoms with Gasteiger partial charge in [-0.25, -0.2) is 15.0 Å². The van der Waals surface area contributed by atoms with E-state index in [9.17, 15) is 0 Å². The second-order valence-electron chi connectivity index (χ2n) is 3.99. The summed E-state index contributed by atoms with van der Waals surface area (Å²) in [5, 5.41) is 1.11. The van der Waals surface area contributed by atoms with Crippen LogP contribution in [0.3, 0.4) is 0 Å². The maximum atomic E-state index is 4.65. The van der Waals surface area contributed by atoms with Gasteiger partial charge < -0.3 is 4.57 Å². The second kappa shape index (κ2) is 3.70. The third kappa shape index (κ3) is 1.50. The Morgan fingerprint density at radius 3 is 2.82 bits per heavy atom. The minimum Gasteiger partial charge on any atom is -0.339 e. The summed E-state index contributed by atoms with van der Waals surface area (Å²) < 4.78 is 2.02. The van der Waals surface area contributed by atoms with Crippen LogP contribution in [0, 0.1) is 6.92 Å². The summed E-state index contributed by atoms with van der Waals surface area (Å²) in [5.74, 6) is 0.992. The van der Waals surface area contributed by atoms with Crippen LogP contribution in [0.2, 0.25) is 0 Å². The van der Waals surface area contributed by atoms with E-state index in [-0.39, 0.29) is 0 Å². The lowest BCUT2D eigenvalue weighted by Gasteiger charge is -2.09. The lowest BCUT2D eigenvalue weighted by atomic mass is 10.2. The Hall–Kier alpha value is -1.62. The highest BCUT2D eigenvalue weighted by molar-refractivity contribution is 7.99. The smallest absolute Gasteiger partial charge is 0.116 e. The SMILES string of the molecule is CSc1c2nc(C)n(C)cc2cc2ncnc12. The van der Waals surface area contributed by atoms with Gasteiger partial charge in [-0.2, -0.15) is 0 Å². The van der Waals surface area contributed by atoms with Crippen LogP contribution in [0.15, 0.2) is 23.5 Å². The summed E-state index contributed by atoms with van der Waals surface area (Å²) in [6.07, 6.45) is 5.74. The molecule has 0 radical (unpaired) electrons. The van der Waals surface area contributed by atoms with Crippen molar-refractivity contribution < 1.29 is 0 Å². The van der Waals surface area contributed by atoms with Crippen molar-refractivity contribution in [1.29, 1.82) is 0 Å². The maximum Gasteiger partial charge on any atom is 0.116 e. The first-order valence-corrected chi connectivity index (χ1v) is 6.54. The van der Waals surface area contributed by atoms with Gasteiger partial charge in [-0.3, -0.25) is 0 Å². The summed E-state index contributed by atoms with van der Waals surface area (Å²) in [7, 11) is 2.00. The number of nitrogens with zero attached hydrogens (tertiary/aromatic N) is 4. The fourth-order valence-corrected chi connectivity index (χ4v) is 2.67. The molecule has 0 saturated heterocycles. The number of aromatic nitrogens is 4. The van der Waals surface area contributed by atoms with Gasteiger partial charge in [-0.15, -0.1) is 11.8 Å².